The molecule has 0 saturated carbocycles. The number of hydrogen-bond acceptors (Lipinski definition) is 3. The van der Waals surface area contributed by atoms with E-state index in [0.29, 0.717) is 5.46 Å². The van der Waals surface area contributed by atoms with Gasteiger partial charge in [-0.15, -0.1) is 0 Å². The molecule has 0 heterocycles. The summed E-state index contributed by atoms with van der Waals surface area (Å²) < 4.78 is 0. The molecular weight excluding hydrogens is 165 g/mol. The van der Waals surface area contributed by atoms with Crippen molar-refractivity contribution >= 4 is 18.3 Å². The van der Waals surface area contributed by atoms with Crippen LogP contribution in [0, 0.1) is 0 Å². The molecule has 0 fully saturated rings. The van der Waals surface area contributed by atoms with Crippen LogP contribution in [-0.4, -0.2) is 30.8 Å². The molecule has 0 bridgehead atoms. The number of rotatable bonds is 3. The second kappa shape index (κ2) is 4.30. The topological polar surface area (TPSA) is 43.7 Å². The summed E-state index contributed by atoms with van der Waals surface area (Å²) in [7, 11) is 0.616. The molecule has 0 atom stereocenters. The van der Waals surface area contributed by atoms with E-state index < -0.39 is 7.12 Å². The number of benzene rings is 1. The molecule has 4 heteroatoms. The SMILES string of the molecule is CCN(C)c1ccc(B(O)O)cc1. The number of hydrogen-bond donors (Lipinski definition) is 2. The Labute approximate surface area is 78.8 Å². The highest BCUT2D eigenvalue weighted by Gasteiger charge is 2.09. The summed E-state index contributed by atoms with van der Waals surface area (Å²) in [6.45, 7) is 3.00. The van der Waals surface area contributed by atoms with Gasteiger partial charge in [0, 0.05) is 19.3 Å². The fraction of sp³-hybridized carbons (Fsp3) is 0.333. The van der Waals surface area contributed by atoms with E-state index in [2.05, 4.69) is 11.8 Å². The van der Waals surface area contributed by atoms with Crippen LogP contribution >= 0.6 is 0 Å². The zero-order valence-corrected chi connectivity index (χ0v) is 7.94. The summed E-state index contributed by atoms with van der Waals surface area (Å²) in [5.41, 5.74) is 1.60. The van der Waals surface area contributed by atoms with Gasteiger partial charge < -0.3 is 14.9 Å². The van der Waals surface area contributed by atoms with Crippen molar-refractivity contribution in [1.82, 2.24) is 0 Å². The van der Waals surface area contributed by atoms with Crippen LogP contribution in [0.15, 0.2) is 24.3 Å². The van der Waals surface area contributed by atoms with Crippen LogP contribution in [0.25, 0.3) is 0 Å². The van der Waals surface area contributed by atoms with Crippen LogP contribution in [-0.2, 0) is 0 Å². The van der Waals surface area contributed by atoms with E-state index in [0.717, 1.165) is 12.2 Å². The van der Waals surface area contributed by atoms with Gasteiger partial charge in [0.25, 0.3) is 0 Å². The summed E-state index contributed by atoms with van der Waals surface area (Å²) >= 11 is 0. The second-order valence-electron chi connectivity index (χ2n) is 2.98. The van der Waals surface area contributed by atoms with Gasteiger partial charge >= 0.3 is 7.12 Å². The maximum absolute atomic E-state index is 8.85. The van der Waals surface area contributed by atoms with Crippen molar-refractivity contribution in [2.45, 2.75) is 6.92 Å². The first-order valence-electron chi connectivity index (χ1n) is 4.32. The zero-order valence-electron chi connectivity index (χ0n) is 7.94. The molecule has 0 spiro atoms. The van der Waals surface area contributed by atoms with E-state index in [1.807, 2.05) is 19.2 Å². The van der Waals surface area contributed by atoms with Crippen LogP contribution in [0.1, 0.15) is 6.92 Å². The second-order valence-corrected chi connectivity index (χ2v) is 2.98. The van der Waals surface area contributed by atoms with Crippen molar-refractivity contribution in [2.75, 3.05) is 18.5 Å². The van der Waals surface area contributed by atoms with E-state index in [4.69, 9.17) is 10.0 Å². The molecule has 0 amide bonds. The Kier molecular flexibility index (Phi) is 3.34. The van der Waals surface area contributed by atoms with Gasteiger partial charge in [-0.25, -0.2) is 0 Å². The quantitative estimate of drug-likeness (QED) is 0.632. The van der Waals surface area contributed by atoms with E-state index >= 15 is 0 Å². The highest BCUT2D eigenvalue weighted by molar-refractivity contribution is 6.58. The summed E-state index contributed by atoms with van der Waals surface area (Å²) in [5.74, 6) is 0. The van der Waals surface area contributed by atoms with Gasteiger partial charge in [0.1, 0.15) is 0 Å². The fourth-order valence-corrected chi connectivity index (χ4v) is 1.08. The standard InChI is InChI=1S/C9H14BNO2/c1-3-11(2)9-6-4-8(5-7-9)10(12)13/h4-7,12-13H,3H2,1-2H3. The van der Waals surface area contributed by atoms with E-state index in [1.54, 1.807) is 12.1 Å². The Morgan fingerprint density at radius 1 is 1.23 bits per heavy atom. The maximum atomic E-state index is 8.85. The monoisotopic (exact) mass is 179 g/mol. The predicted octanol–water partition coefficient (Wildman–Crippen LogP) is -0.178. The van der Waals surface area contributed by atoms with Gasteiger partial charge in [-0.1, -0.05) is 12.1 Å². The molecule has 70 valence electrons. The lowest BCUT2D eigenvalue weighted by Gasteiger charge is -2.16. The summed E-state index contributed by atoms with van der Waals surface area (Å²) in [6.07, 6.45) is 0. The zero-order chi connectivity index (χ0) is 9.84. The Balaban J connectivity index is 2.81. The molecule has 0 saturated heterocycles. The molecule has 1 rings (SSSR count). The van der Waals surface area contributed by atoms with Crippen LogP contribution in [0.2, 0.25) is 0 Å². The molecule has 0 aromatic heterocycles. The van der Waals surface area contributed by atoms with Gasteiger partial charge in [0.2, 0.25) is 0 Å². The van der Waals surface area contributed by atoms with Gasteiger partial charge in [-0.05, 0) is 24.5 Å². The van der Waals surface area contributed by atoms with Crippen LogP contribution < -0.4 is 10.4 Å². The molecule has 13 heavy (non-hydrogen) atoms. The fourth-order valence-electron chi connectivity index (χ4n) is 1.08. The minimum atomic E-state index is -1.37. The molecule has 1 aromatic rings. The van der Waals surface area contributed by atoms with Crippen molar-refractivity contribution in [3.63, 3.8) is 0 Å². The third kappa shape index (κ3) is 2.47. The Bertz CT molecular complexity index is 261. The van der Waals surface area contributed by atoms with Crippen LogP contribution in [0.3, 0.4) is 0 Å². The smallest absolute Gasteiger partial charge is 0.423 e. The largest absolute Gasteiger partial charge is 0.488 e. The van der Waals surface area contributed by atoms with Gasteiger partial charge in [-0.2, -0.15) is 0 Å². The molecule has 0 radical (unpaired) electrons. The summed E-state index contributed by atoms with van der Waals surface area (Å²) in [6, 6.07) is 7.18. The lowest BCUT2D eigenvalue weighted by atomic mass is 9.80. The third-order valence-electron chi connectivity index (χ3n) is 2.11. The lowest BCUT2D eigenvalue weighted by Crippen LogP contribution is -2.29. The molecule has 1 aromatic carbocycles. The van der Waals surface area contributed by atoms with E-state index in [1.165, 1.54) is 0 Å². The first-order chi connectivity index (χ1) is 6.15. The minimum absolute atomic E-state index is 0.522. The minimum Gasteiger partial charge on any atom is -0.423 e. The molecule has 0 aliphatic heterocycles. The maximum Gasteiger partial charge on any atom is 0.488 e. The average molecular weight is 179 g/mol. The first-order valence-corrected chi connectivity index (χ1v) is 4.32. The highest BCUT2D eigenvalue weighted by atomic mass is 16.4. The third-order valence-corrected chi connectivity index (χ3v) is 2.11. The lowest BCUT2D eigenvalue weighted by molar-refractivity contribution is 0.426. The predicted molar refractivity (Wildman–Crippen MR) is 55.2 cm³/mol. The van der Waals surface area contributed by atoms with Crippen molar-refractivity contribution < 1.29 is 10.0 Å². The van der Waals surface area contributed by atoms with Gasteiger partial charge in [0.15, 0.2) is 0 Å². The highest BCUT2D eigenvalue weighted by Crippen LogP contribution is 2.09. The van der Waals surface area contributed by atoms with Crippen molar-refractivity contribution in [3.05, 3.63) is 24.3 Å². The van der Waals surface area contributed by atoms with Crippen molar-refractivity contribution in [1.29, 1.82) is 0 Å². The Hall–Kier alpha value is -0.995. The number of nitrogens with zero attached hydrogens (tertiary/aromatic N) is 1. The van der Waals surface area contributed by atoms with E-state index in [9.17, 15) is 0 Å². The Morgan fingerprint density at radius 2 is 1.77 bits per heavy atom. The van der Waals surface area contributed by atoms with Gasteiger partial charge in [0.05, 0.1) is 0 Å². The summed E-state index contributed by atoms with van der Waals surface area (Å²) in [4.78, 5) is 2.08. The van der Waals surface area contributed by atoms with Crippen LogP contribution in [0.5, 0.6) is 0 Å². The Morgan fingerprint density at radius 3 is 2.15 bits per heavy atom. The van der Waals surface area contributed by atoms with Gasteiger partial charge in [-0.3, -0.25) is 0 Å². The molecule has 0 aliphatic carbocycles. The first kappa shape index (κ1) is 10.1. The average Bonchev–Trinajstić information content (AvgIpc) is 2.17. The molecule has 3 nitrogen and oxygen atoms in total. The van der Waals surface area contributed by atoms with E-state index in [-0.39, 0.29) is 0 Å². The normalized spacial score (nSPS) is 9.85. The molecule has 0 aliphatic rings. The van der Waals surface area contributed by atoms with Crippen LogP contribution in [0.4, 0.5) is 5.69 Å². The number of anilines is 1. The molecule has 2 N–H and O–H groups in total. The summed E-state index contributed by atoms with van der Waals surface area (Å²) in [5, 5.41) is 17.7. The molecular formula is C9H14BNO2. The van der Waals surface area contributed by atoms with Crippen molar-refractivity contribution in [2.24, 2.45) is 0 Å². The molecule has 0 unspecified atom stereocenters. The van der Waals surface area contributed by atoms with Crippen molar-refractivity contribution in [3.8, 4) is 0 Å².